The fourth-order valence-corrected chi connectivity index (χ4v) is 1.42. The van der Waals surface area contributed by atoms with Crippen LogP contribution in [0.3, 0.4) is 0 Å². The van der Waals surface area contributed by atoms with Gasteiger partial charge in [-0.25, -0.2) is 0 Å². The maximum absolute atomic E-state index is 5.07. The predicted octanol–water partition coefficient (Wildman–Crippen LogP) is 0.753. The van der Waals surface area contributed by atoms with Crippen molar-refractivity contribution in [3.05, 3.63) is 0 Å². The van der Waals surface area contributed by atoms with Crippen LogP contribution < -0.4 is 10.6 Å². The summed E-state index contributed by atoms with van der Waals surface area (Å²) >= 11 is 5.07. The van der Waals surface area contributed by atoms with E-state index in [1.165, 1.54) is 6.42 Å². The van der Waals surface area contributed by atoms with Crippen molar-refractivity contribution in [2.24, 2.45) is 11.8 Å². The maximum Gasteiger partial charge on any atom is 0.166 e. The molecule has 0 saturated heterocycles. The van der Waals surface area contributed by atoms with Gasteiger partial charge in [-0.05, 0) is 30.5 Å². The van der Waals surface area contributed by atoms with Crippen LogP contribution in [0.15, 0.2) is 0 Å². The number of methoxy groups -OCH3 is 1. The molecule has 0 spiro atoms. The number of thiocarbonyl (C=S) groups is 1. The molecule has 0 aromatic heterocycles. The fraction of sp³-hybridized carbons (Fsp3) is 0.889. The Morgan fingerprint density at radius 1 is 1.54 bits per heavy atom. The zero-order valence-electron chi connectivity index (χ0n) is 8.30. The summed E-state index contributed by atoms with van der Waals surface area (Å²) in [5, 5.41) is 7.02. The van der Waals surface area contributed by atoms with Crippen molar-refractivity contribution < 1.29 is 4.74 Å². The Balaban J connectivity index is 1.92. The van der Waals surface area contributed by atoms with Gasteiger partial charge in [-0.15, -0.1) is 0 Å². The lowest BCUT2D eigenvalue weighted by molar-refractivity contribution is 0.204. The highest BCUT2D eigenvalue weighted by Crippen LogP contribution is 2.36. The van der Waals surface area contributed by atoms with Gasteiger partial charge in [0, 0.05) is 20.2 Å². The van der Waals surface area contributed by atoms with Crippen LogP contribution in [0, 0.1) is 11.8 Å². The Bertz CT molecular complexity index is 175. The second kappa shape index (κ2) is 5.40. The molecule has 1 aliphatic rings. The zero-order valence-corrected chi connectivity index (χ0v) is 9.12. The Kier molecular flexibility index (Phi) is 4.45. The third-order valence-electron chi connectivity index (χ3n) is 2.39. The van der Waals surface area contributed by atoms with E-state index in [0.29, 0.717) is 6.61 Å². The molecule has 0 heterocycles. The topological polar surface area (TPSA) is 33.3 Å². The van der Waals surface area contributed by atoms with Crippen molar-refractivity contribution in [1.82, 2.24) is 10.6 Å². The van der Waals surface area contributed by atoms with Crippen LogP contribution in [-0.4, -0.2) is 31.9 Å². The van der Waals surface area contributed by atoms with Crippen LogP contribution in [0.5, 0.6) is 0 Å². The van der Waals surface area contributed by atoms with Crippen LogP contribution >= 0.6 is 12.2 Å². The molecule has 3 nitrogen and oxygen atoms in total. The van der Waals surface area contributed by atoms with E-state index in [1.54, 1.807) is 7.11 Å². The summed E-state index contributed by atoms with van der Waals surface area (Å²) in [5.41, 5.74) is 0. The van der Waals surface area contributed by atoms with Gasteiger partial charge in [0.15, 0.2) is 5.11 Å². The van der Waals surface area contributed by atoms with Crippen LogP contribution in [0.1, 0.15) is 13.3 Å². The molecule has 0 radical (unpaired) electrons. The maximum atomic E-state index is 5.07. The van der Waals surface area contributed by atoms with Crippen LogP contribution in [-0.2, 0) is 4.74 Å². The van der Waals surface area contributed by atoms with Gasteiger partial charge < -0.3 is 15.4 Å². The van der Waals surface area contributed by atoms with E-state index in [1.807, 2.05) is 0 Å². The standard InChI is InChI=1S/C9H18N2OS/c1-7-5-8(7)6-11-9(13)10-3-4-12-2/h7-8H,3-6H2,1-2H3,(H2,10,11,13). The highest BCUT2D eigenvalue weighted by molar-refractivity contribution is 7.80. The summed E-state index contributed by atoms with van der Waals surface area (Å²) in [6, 6.07) is 0. The van der Waals surface area contributed by atoms with Gasteiger partial charge in [-0.3, -0.25) is 0 Å². The molecule has 0 aliphatic heterocycles. The van der Waals surface area contributed by atoms with Gasteiger partial charge in [0.2, 0.25) is 0 Å². The van der Waals surface area contributed by atoms with Crippen molar-refractivity contribution in [1.29, 1.82) is 0 Å². The summed E-state index contributed by atoms with van der Waals surface area (Å²) in [6.07, 6.45) is 1.34. The molecule has 1 aliphatic carbocycles. The molecule has 2 atom stereocenters. The van der Waals surface area contributed by atoms with E-state index < -0.39 is 0 Å². The van der Waals surface area contributed by atoms with Gasteiger partial charge in [0.25, 0.3) is 0 Å². The van der Waals surface area contributed by atoms with E-state index in [4.69, 9.17) is 17.0 Å². The van der Waals surface area contributed by atoms with Crippen LogP contribution in [0.25, 0.3) is 0 Å². The molecule has 13 heavy (non-hydrogen) atoms. The number of nitrogens with one attached hydrogen (secondary N) is 2. The summed E-state index contributed by atoms with van der Waals surface area (Å²) < 4.78 is 4.90. The smallest absolute Gasteiger partial charge is 0.166 e. The number of ether oxygens (including phenoxy) is 1. The SMILES string of the molecule is COCCNC(=S)NCC1CC1C. The third-order valence-corrected chi connectivity index (χ3v) is 2.68. The molecule has 0 bridgehead atoms. The lowest BCUT2D eigenvalue weighted by Gasteiger charge is -2.09. The van der Waals surface area contributed by atoms with Gasteiger partial charge in [-0.1, -0.05) is 6.92 Å². The first kappa shape index (κ1) is 10.7. The average molecular weight is 202 g/mol. The second-order valence-corrected chi connectivity index (χ2v) is 4.01. The van der Waals surface area contributed by atoms with Crippen molar-refractivity contribution in [2.75, 3.05) is 26.8 Å². The fourth-order valence-electron chi connectivity index (χ4n) is 1.24. The summed E-state index contributed by atoms with van der Waals surface area (Å²) in [6.45, 7) is 4.76. The van der Waals surface area contributed by atoms with Crippen molar-refractivity contribution in [3.8, 4) is 0 Å². The van der Waals surface area contributed by atoms with Crippen LogP contribution in [0.4, 0.5) is 0 Å². The molecule has 4 heteroatoms. The first-order valence-corrected chi connectivity index (χ1v) is 5.15. The molecule has 1 saturated carbocycles. The normalized spacial score (nSPS) is 25.4. The van der Waals surface area contributed by atoms with E-state index in [0.717, 1.165) is 30.0 Å². The van der Waals surface area contributed by atoms with Crippen molar-refractivity contribution in [2.45, 2.75) is 13.3 Å². The van der Waals surface area contributed by atoms with E-state index in [2.05, 4.69) is 17.6 Å². The molecule has 1 fully saturated rings. The lowest BCUT2D eigenvalue weighted by atomic mass is 10.3. The number of rotatable bonds is 5. The molecule has 2 N–H and O–H groups in total. The monoisotopic (exact) mass is 202 g/mol. The molecule has 0 aromatic rings. The lowest BCUT2D eigenvalue weighted by Crippen LogP contribution is -2.38. The highest BCUT2D eigenvalue weighted by Gasteiger charge is 2.31. The quantitative estimate of drug-likeness (QED) is 0.509. The third kappa shape index (κ3) is 4.43. The van der Waals surface area contributed by atoms with E-state index in [9.17, 15) is 0 Å². The van der Waals surface area contributed by atoms with Crippen LogP contribution in [0.2, 0.25) is 0 Å². The minimum atomic E-state index is 0.696. The molecular weight excluding hydrogens is 184 g/mol. The van der Waals surface area contributed by atoms with E-state index >= 15 is 0 Å². The highest BCUT2D eigenvalue weighted by atomic mass is 32.1. The molecule has 1 rings (SSSR count). The number of hydrogen-bond acceptors (Lipinski definition) is 2. The van der Waals surface area contributed by atoms with E-state index in [-0.39, 0.29) is 0 Å². The molecule has 2 unspecified atom stereocenters. The van der Waals surface area contributed by atoms with Gasteiger partial charge in [0.05, 0.1) is 6.61 Å². The Labute approximate surface area is 85.2 Å². The largest absolute Gasteiger partial charge is 0.383 e. The van der Waals surface area contributed by atoms with Gasteiger partial charge in [0.1, 0.15) is 0 Å². The second-order valence-electron chi connectivity index (χ2n) is 3.60. The molecular formula is C9H18N2OS. The summed E-state index contributed by atoms with van der Waals surface area (Å²) in [4.78, 5) is 0. The minimum Gasteiger partial charge on any atom is -0.383 e. The zero-order chi connectivity index (χ0) is 9.68. The van der Waals surface area contributed by atoms with Crippen molar-refractivity contribution in [3.63, 3.8) is 0 Å². The molecule has 0 amide bonds. The Hall–Kier alpha value is -0.350. The summed E-state index contributed by atoms with van der Waals surface area (Å²) in [7, 11) is 1.68. The van der Waals surface area contributed by atoms with Gasteiger partial charge in [-0.2, -0.15) is 0 Å². The minimum absolute atomic E-state index is 0.696. The summed E-state index contributed by atoms with van der Waals surface area (Å²) in [5.74, 6) is 1.72. The predicted molar refractivity (Wildman–Crippen MR) is 57.8 cm³/mol. The Morgan fingerprint density at radius 2 is 2.23 bits per heavy atom. The average Bonchev–Trinajstić information content (AvgIpc) is 2.79. The Morgan fingerprint density at radius 3 is 2.77 bits per heavy atom. The van der Waals surface area contributed by atoms with Gasteiger partial charge >= 0.3 is 0 Å². The first-order chi connectivity index (χ1) is 6.24. The molecule has 76 valence electrons. The molecule has 0 aromatic carbocycles. The first-order valence-electron chi connectivity index (χ1n) is 4.74. The number of hydrogen-bond donors (Lipinski definition) is 2. The van der Waals surface area contributed by atoms with Crippen molar-refractivity contribution >= 4 is 17.3 Å².